The van der Waals surface area contributed by atoms with Crippen LogP contribution in [0.1, 0.15) is 177 Å². The van der Waals surface area contributed by atoms with Crippen molar-refractivity contribution in [3.63, 3.8) is 0 Å². The second-order valence-corrected chi connectivity index (χ2v) is 31.8. The third-order valence-electron chi connectivity index (χ3n) is 19.0. The van der Waals surface area contributed by atoms with Gasteiger partial charge in [-0.25, -0.2) is 4.98 Å². The average Bonchev–Trinajstić information content (AvgIpc) is 1.70. The van der Waals surface area contributed by atoms with E-state index in [0.29, 0.717) is 13.2 Å². The van der Waals surface area contributed by atoms with E-state index in [4.69, 9.17) is 14.5 Å². The molecule has 462 valence electrons. The van der Waals surface area contributed by atoms with Gasteiger partial charge in [0.05, 0.1) is 24.2 Å². The SMILES string of the molecule is CC(C)(C)c1ccc2c(c1)c1cc(C(C)(C)C)ccc1n2CCCOc1ccc(-c2nc3ccccc3n2CCCn2c3ccc(C(C)(C)C)cc3c3cc(C(C)(C)C)ccc32)cc1OCCCn1c2ccc(C(C)(C)C)cc2c2cc(C(C)(C)C)ccc21. The van der Waals surface area contributed by atoms with Crippen LogP contribution in [0.25, 0.3) is 87.8 Å². The first-order chi connectivity index (χ1) is 41.9. The van der Waals surface area contributed by atoms with Crippen LogP contribution < -0.4 is 9.47 Å². The summed E-state index contributed by atoms with van der Waals surface area (Å²) in [4.78, 5) is 5.41. The van der Waals surface area contributed by atoms with Gasteiger partial charge in [-0.1, -0.05) is 173 Å². The Kier molecular flexibility index (Phi) is 15.6. The number of imidazole rings is 1. The molecule has 0 N–H and O–H groups in total. The summed E-state index contributed by atoms with van der Waals surface area (Å²) >= 11 is 0. The van der Waals surface area contributed by atoms with E-state index >= 15 is 0 Å². The molecule has 0 unspecified atom stereocenters. The molecule has 0 amide bonds. The number of para-hydroxylation sites is 2. The Morgan fingerprint density at radius 1 is 0.292 bits per heavy atom. The Morgan fingerprint density at radius 3 is 0.933 bits per heavy atom. The molecule has 12 aromatic rings. The molecule has 0 atom stereocenters. The number of hydrogen-bond donors (Lipinski definition) is 0. The van der Waals surface area contributed by atoms with Gasteiger partial charge in [-0.05, 0) is 188 Å². The lowest BCUT2D eigenvalue weighted by Crippen LogP contribution is -2.11. The molecule has 89 heavy (non-hydrogen) atoms. The van der Waals surface area contributed by atoms with Gasteiger partial charge in [0.25, 0.3) is 0 Å². The van der Waals surface area contributed by atoms with Gasteiger partial charge in [-0.3, -0.25) is 0 Å². The molecule has 0 bridgehead atoms. The first-order valence-corrected chi connectivity index (χ1v) is 33.0. The first-order valence-electron chi connectivity index (χ1n) is 33.0. The van der Waals surface area contributed by atoms with Crippen LogP contribution in [0.2, 0.25) is 0 Å². The van der Waals surface area contributed by atoms with Gasteiger partial charge in [0.1, 0.15) is 5.82 Å². The van der Waals surface area contributed by atoms with Crippen molar-refractivity contribution in [1.29, 1.82) is 0 Å². The molecule has 8 aromatic carbocycles. The van der Waals surface area contributed by atoms with Gasteiger partial charge >= 0.3 is 0 Å². The predicted octanol–water partition coefficient (Wildman–Crippen LogP) is 21.8. The molecule has 0 aliphatic carbocycles. The Hall–Kier alpha value is -7.77. The lowest BCUT2D eigenvalue weighted by molar-refractivity contribution is 0.257. The molecule has 0 fully saturated rings. The molecule has 7 heteroatoms. The van der Waals surface area contributed by atoms with Crippen molar-refractivity contribution >= 4 is 76.5 Å². The lowest BCUT2D eigenvalue weighted by atomic mass is 9.85. The maximum atomic E-state index is 7.05. The lowest BCUT2D eigenvalue weighted by Gasteiger charge is -2.19. The van der Waals surface area contributed by atoms with E-state index < -0.39 is 0 Å². The number of ether oxygens (including phenoxy) is 2. The zero-order valence-corrected chi connectivity index (χ0v) is 56.9. The summed E-state index contributed by atoms with van der Waals surface area (Å²) in [5, 5.41) is 7.93. The molecule has 0 aliphatic rings. The van der Waals surface area contributed by atoms with E-state index in [1.54, 1.807) is 0 Å². The smallest absolute Gasteiger partial charge is 0.161 e. The fourth-order valence-electron chi connectivity index (χ4n) is 13.4. The molecule has 0 saturated heterocycles. The fourth-order valence-corrected chi connectivity index (χ4v) is 13.4. The molecule has 4 aromatic heterocycles. The summed E-state index contributed by atoms with van der Waals surface area (Å²) < 4.78 is 24.0. The van der Waals surface area contributed by atoms with Gasteiger partial charge in [0.15, 0.2) is 11.5 Å². The summed E-state index contributed by atoms with van der Waals surface area (Å²) in [7, 11) is 0. The summed E-state index contributed by atoms with van der Waals surface area (Å²) in [5.41, 5.74) is 19.1. The molecule has 12 rings (SSSR count). The van der Waals surface area contributed by atoms with E-state index in [2.05, 4.69) is 295 Å². The van der Waals surface area contributed by atoms with Crippen LogP contribution in [-0.2, 0) is 58.7 Å². The van der Waals surface area contributed by atoms with Crippen LogP contribution >= 0.6 is 0 Å². The first kappa shape index (κ1) is 61.5. The highest BCUT2D eigenvalue weighted by atomic mass is 16.5. The van der Waals surface area contributed by atoms with Crippen molar-refractivity contribution in [2.45, 2.75) is 203 Å². The number of benzene rings is 8. The molecular formula is C82H97N5O2. The average molecular weight is 1180 g/mol. The highest BCUT2D eigenvalue weighted by molar-refractivity contribution is 6.10. The monoisotopic (exact) mass is 1180 g/mol. The highest BCUT2D eigenvalue weighted by Gasteiger charge is 2.25. The number of rotatable bonds is 15. The second kappa shape index (κ2) is 22.6. The van der Waals surface area contributed by atoms with Gasteiger partial charge in [0.2, 0.25) is 0 Å². The van der Waals surface area contributed by atoms with Gasteiger partial charge < -0.3 is 27.7 Å². The zero-order chi connectivity index (χ0) is 63.3. The quantitative estimate of drug-likeness (QED) is 0.0961. The van der Waals surface area contributed by atoms with Crippen LogP contribution in [0.5, 0.6) is 11.5 Å². The Labute approximate surface area is 530 Å². The van der Waals surface area contributed by atoms with E-state index in [1.807, 2.05) is 0 Å². The number of fused-ring (bicyclic) bond motifs is 10. The Balaban J connectivity index is 0.865. The van der Waals surface area contributed by atoms with Crippen molar-refractivity contribution in [2.24, 2.45) is 0 Å². The minimum atomic E-state index is 0.0374. The normalized spacial score (nSPS) is 13.2. The molecule has 0 aliphatic heterocycles. The maximum Gasteiger partial charge on any atom is 0.161 e. The summed E-state index contributed by atoms with van der Waals surface area (Å²) in [6.45, 7) is 45.9. The van der Waals surface area contributed by atoms with E-state index in [-0.39, 0.29) is 32.5 Å². The van der Waals surface area contributed by atoms with Crippen LogP contribution in [0.3, 0.4) is 0 Å². The minimum absolute atomic E-state index is 0.0374. The van der Waals surface area contributed by atoms with Gasteiger partial charge in [-0.15, -0.1) is 0 Å². The van der Waals surface area contributed by atoms with Gasteiger partial charge in [-0.2, -0.15) is 0 Å². The second-order valence-electron chi connectivity index (χ2n) is 31.8. The standard InChI is InChI=1S/C82H97N5O2/c1-77(2,3)54-27-33-67-60(47-54)61-48-55(78(4,5)6)28-34-68(61)84(67)40-21-41-87-73-25-20-19-24-66(73)83-76(87)53-26-39-74(88-44-22-42-85-69-35-29-56(79(7,8)9)49-62(69)63-50-57(80(10,11)12)30-36-70(63)85)75(46-53)89-45-23-43-86-71-37-31-58(81(13,14)15)51-64(71)65-52-59(82(16,17)18)32-38-72(65)86/h19-20,24-39,46-52H,21-23,40-45H2,1-18H3. The molecule has 7 nitrogen and oxygen atoms in total. The van der Waals surface area contributed by atoms with Crippen LogP contribution in [0.15, 0.2) is 152 Å². The maximum absolute atomic E-state index is 7.05. The Bertz CT molecular complexity index is 4430. The third-order valence-corrected chi connectivity index (χ3v) is 19.0. The van der Waals surface area contributed by atoms with Crippen LogP contribution in [0.4, 0.5) is 0 Å². The summed E-state index contributed by atoms with van der Waals surface area (Å²) in [6.07, 6.45) is 2.54. The van der Waals surface area contributed by atoms with E-state index in [1.165, 1.54) is 98.8 Å². The van der Waals surface area contributed by atoms with Gasteiger partial charge in [0, 0.05) is 97.2 Å². The van der Waals surface area contributed by atoms with Crippen LogP contribution in [0, 0.1) is 0 Å². The van der Waals surface area contributed by atoms with Crippen molar-refractivity contribution in [2.75, 3.05) is 13.2 Å². The number of nitrogens with zero attached hydrogens (tertiary/aromatic N) is 5. The summed E-state index contributed by atoms with van der Waals surface area (Å²) in [5.74, 6) is 2.42. The predicted molar refractivity (Wildman–Crippen MR) is 381 cm³/mol. The van der Waals surface area contributed by atoms with Crippen molar-refractivity contribution in [3.05, 3.63) is 185 Å². The van der Waals surface area contributed by atoms with E-state index in [0.717, 1.165) is 79.4 Å². The largest absolute Gasteiger partial charge is 0.490 e. The number of hydrogen-bond acceptors (Lipinski definition) is 3. The summed E-state index contributed by atoms with van der Waals surface area (Å²) in [6, 6.07) is 57.8. The minimum Gasteiger partial charge on any atom is -0.490 e. The molecule has 0 radical (unpaired) electrons. The number of aromatic nitrogens is 5. The number of aryl methyl sites for hydroxylation is 4. The third kappa shape index (κ3) is 12.0. The van der Waals surface area contributed by atoms with Crippen molar-refractivity contribution in [3.8, 4) is 22.9 Å². The van der Waals surface area contributed by atoms with Crippen molar-refractivity contribution < 1.29 is 9.47 Å². The molecule has 0 saturated carbocycles. The highest BCUT2D eigenvalue weighted by Crippen LogP contribution is 2.41. The van der Waals surface area contributed by atoms with Crippen molar-refractivity contribution in [1.82, 2.24) is 23.3 Å². The fraction of sp³-hybridized carbons (Fsp3) is 0.402. The van der Waals surface area contributed by atoms with Crippen LogP contribution in [-0.4, -0.2) is 36.5 Å². The topological polar surface area (TPSA) is 51.1 Å². The van der Waals surface area contributed by atoms with E-state index in [9.17, 15) is 0 Å². The molecular weight excluding hydrogens is 1090 g/mol. The molecule has 0 spiro atoms. The molecule has 4 heterocycles. The Morgan fingerprint density at radius 2 is 0.596 bits per heavy atom. The zero-order valence-electron chi connectivity index (χ0n) is 56.9.